The fourth-order valence-electron chi connectivity index (χ4n) is 3.10. The van der Waals surface area contributed by atoms with Crippen molar-refractivity contribution in [1.82, 2.24) is 0 Å². The Morgan fingerprint density at radius 1 is 1.16 bits per heavy atom. The topological polar surface area (TPSA) is 108 Å². The summed E-state index contributed by atoms with van der Waals surface area (Å²) < 4.78 is 10.4. The van der Waals surface area contributed by atoms with Gasteiger partial charge in [0.2, 0.25) is 0 Å². The van der Waals surface area contributed by atoms with Crippen molar-refractivity contribution in [3.05, 3.63) is 74.6 Å². The number of hydrogen-bond donors (Lipinski definition) is 1. The number of anilines is 1. The molecular weight excluding hydrogens is 432 g/mol. The van der Waals surface area contributed by atoms with Gasteiger partial charge < -0.3 is 14.8 Å². The predicted molar refractivity (Wildman–Crippen MR) is 122 cm³/mol. The van der Waals surface area contributed by atoms with Crippen LogP contribution in [0.3, 0.4) is 0 Å². The summed E-state index contributed by atoms with van der Waals surface area (Å²) in [6.07, 6.45) is 0.906. The summed E-state index contributed by atoms with van der Waals surface area (Å²) in [5.41, 5.74) is 3.46. The molecule has 0 aliphatic rings. The maximum atomic E-state index is 12.5. The number of amides is 1. The first-order valence-corrected chi connectivity index (χ1v) is 10.7. The lowest BCUT2D eigenvalue weighted by Crippen LogP contribution is -2.21. The van der Waals surface area contributed by atoms with Crippen LogP contribution in [0.5, 0.6) is 5.75 Å². The molecule has 1 amide bonds. The number of rotatable bonds is 8. The van der Waals surface area contributed by atoms with Gasteiger partial charge in [-0.15, -0.1) is 11.3 Å². The minimum atomic E-state index is -0.553. The number of aryl methyl sites for hydroxylation is 2. The third kappa shape index (κ3) is 5.12. The summed E-state index contributed by atoms with van der Waals surface area (Å²) in [5, 5.41) is 15.7. The third-order valence-electron chi connectivity index (χ3n) is 4.83. The summed E-state index contributed by atoms with van der Waals surface area (Å²) in [6, 6.07) is 12.0. The summed E-state index contributed by atoms with van der Waals surface area (Å²) >= 11 is 1.22. The van der Waals surface area contributed by atoms with E-state index in [4.69, 9.17) is 9.47 Å². The average Bonchev–Trinajstić information content (AvgIpc) is 3.20. The molecular formula is C23H22N2O6S. The lowest BCUT2D eigenvalue weighted by molar-refractivity contribution is -0.384. The number of nitro benzene ring substituents is 1. The molecule has 0 spiro atoms. The van der Waals surface area contributed by atoms with E-state index in [0.717, 1.165) is 12.0 Å². The highest BCUT2D eigenvalue weighted by molar-refractivity contribution is 7.15. The Morgan fingerprint density at radius 2 is 1.88 bits per heavy atom. The number of nitrogens with one attached hydrogen (secondary N) is 1. The summed E-state index contributed by atoms with van der Waals surface area (Å²) in [5.74, 6) is -0.660. The third-order valence-corrected chi connectivity index (χ3v) is 5.73. The van der Waals surface area contributed by atoms with E-state index >= 15 is 0 Å². The molecule has 0 aliphatic carbocycles. The van der Waals surface area contributed by atoms with Crippen LogP contribution in [0.15, 0.2) is 47.8 Å². The number of thiophene rings is 1. The van der Waals surface area contributed by atoms with E-state index in [-0.39, 0.29) is 17.9 Å². The summed E-state index contributed by atoms with van der Waals surface area (Å²) in [4.78, 5) is 35.3. The lowest BCUT2D eigenvalue weighted by atomic mass is 10.0. The summed E-state index contributed by atoms with van der Waals surface area (Å²) in [7, 11) is 1.29. The Hall–Kier alpha value is -3.72. The highest BCUT2D eigenvalue weighted by Crippen LogP contribution is 2.36. The second-order valence-electron chi connectivity index (χ2n) is 6.94. The Balaban J connectivity index is 1.76. The van der Waals surface area contributed by atoms with Gasteiger partial charge in [0.05, 0.1) is 12.0 Å². The predicted octanol–water partition coefficient (Wildman–Crippen LogP) is 5.00. The van der Waals surface area contributed by atoms with Crippen LogP contribution in [-0.2, 0) is 16.0 Å². The number of benzene rings is 2. The number of ether oxygens (including phenoxy) is 2. The highest BCUT2D eigenvalue weighted by Gasteiger charge is 2.22. The van der Waals surface area contributed by atoms with Gasteiger partial charge in [0.1, 0.15) is 16.3 Å². The van der Waals surface area contributed by atoms with Crippen LogP contribution in [0.25, 0.3) is 11.1 Å². The standard InChI is InChI=1S/C23H22N2O6S/c1-4-15-5-7-16(8-6-15)18-13-32-22(21(18)23(27)30-3)24-20(26)12-31-19-10-9-17(25(28)29)11-14(19)2/h5-11,13H,4,12H2,1-3H3,(H,24,26). The van der Waals surface area contributed by atoms with Crippen molar-refractivity contribution in [2.24, 2.45) is 0 Å². The number of hydrogen-bond acceptors (Lipinski definition) is 7. The first-order chi connectivity index (χ1) is 15.3. The minimum absolute atomic E-state index is 0.0555. The van der Waals surface area contributed by atoms with Crippen molar-refractivity contribution in [1.29, 1.82) is 0 Å². The molecule has 0 atom stereocenters. The molecule has 1 N–H and O–H groups in total. The second-order valence-corrected chi connectivity index (χ2v) is 7.82. The van der Waals surface area contributed by atoms with E-state index in [9.17, 15) is 19.7 Å². The monoisotopic (exact) mass is 454 g/mol. The minimum Gasteiger partial charge on any atom is -0.483 e. The molecule has 1 aromatic heterocycles. The van der Waals surface area contributed by atoms with Crippen molar-refractivity contribution in [3.63, 3.8) is 0 Å². The van der Waals surface area contributed by atoms with Gasteiger partial charge in [-0.1, -0.05) is 31.2 Å². The van der Waals surface area contributed by atoms with Crippen molar-refractivity contribution < 1.29 is 24.0 Å². The molecule has 1 heterocycles. The number of non-ortho nitro benzene ring substituents is 1. The first kappa shape index (κ1) is 23.0. The van der Waals surface area contributed by atoms with E-state index in [0.29, 0.717) is 21.9 Å². The first-order valence-electron chi connectivity index (χ1n) is 9.80. The maximum Gasteiger partial charge on any atom is 0.341 e. The maximum absolute atomic E-state index is 12.5. The fraction of sp³-hybridized carbons (Fsp3) is 0.217. The Bertz CT molecular complexity index is 1150. The van der Waals surface area contributed by atoms with Gasteiger partial charge in [0.15, 0.2) is 6.61 Å². The lowest BCUT2D eigenvalue weighted by Gasteiger charge is -2.10. The Labute approximate surface area is 188 Å². The van der Waals surface area contributed by atoms with Crippen LogP contribution in [0.1, 0.15) is 28.4 Å². The van der Waals surface area contributed by atoms with Gasteiger partial charge >= 0.3 is 5.97 Å². The Kier molecular flexibility index (Phi) is 7.21. The SMILES string of the molecule is CCc1ccc(-c2csc(NC(=O)COc3ccc([N+](=O)[O-])cc3C)c2C(=O)OC)cc1. The molecule has 0 bridgehead atoms. The van der Waals surface area contributed by atoms with Crippen molar-refractivity contribution in [3.8, 4) is 16.9 Å². The Morgan fingerprint density at radius 3 is 2.47 bits per heavy atom. The van der Waals surface area contributed by atoms with E-state index in [1.54, 1.807) is 12.3 Å². The van der Waals surface area contributed by atoms with E-state index in [2.05, 4.69) is 12.2 Å². The molecule has 0 radical (unpaired) electrons. The molecule has 0 unspecified atom stereocenters. The van der Waals surface area contributed by atoms with Crippen LogP contribution in [0.2, 0.25) is 0 Å². The zero-order valence-corrected chi connectivity index (χ0v) is 18.7. The van der Waals surface area contributed by atoms with Gasteiger partial charge in [0.25, 0.3) is 11.6 Å². The van der Waals surface area contributed by atoms with Gasteiger partial charge in [-0.05, 0) is 36.1 Å². The van der Waals surface area contributed by atoms with E-state index in [1.165, 1.54) is 42.2 Å². The highest BCUT2D eigenvalue weighted by atomic mass is 32.1. The van der Waals surface area contributed by atoms with Crippen molar-refractivity contribution in [2.75, 3.05) is 19.0 Å². The molecule has 0 saturated carbocycles. The number of methoxy groups -OCH3 is 1. The van der Waals surface area contributed by atoms with Crippen molar-refractivity contribution in [2.45, 2.75) is 20.3 Å². The normalized spacial score (nSPS) is 10.5. The molecule has 0 aliphatic heterocycles. The zero-order valence-electron chi connectivity index (χ0n) is 17.8. The number of esters is 1. The van der Waals surface area contributed by atoms with Crippen LogP contribution in [0.4, 0.5) is 10.7 Å². The summed E-state index contributed by atoms with van der Waals surface area (Å²) in [6.45, 7) is 3.40. The van der Waals surface area contributed by atoms with E-state index < -0.39 is 16.8 Å². The molecule has 8 nitrogen and oxygen atoms in total. The molecule has 3 rings (SSSR count). The average molecular weight is 455 g/mol. The smallest absolute Gasteiger partial charge is 0.341 e. The largest absolute Gasteiger partial charge is 0.483 e. The van der Waals surface area contributed by atoms with E-state index in [1.807, 2.05) is 24.3 Å². The van der Waals surface area contributed by atoms with Crippen LogP contribution in [-0.4, -0.2) is 30.5 Å². The molecule has 32 heavy (non-hydrogen) atoms. The zero-order chi connectivity index (χ0) is 23.3. The quantitative estimate of drug-likeness (QED) is 0.292. The fourth-order valence-corrected chi connectivity index (χ4v) is 4.08. The molecule has 9 heteroatoms. The number of carbonyl (C=O) groups excluding carboxylic acids is 2. The van der Waals surface area contributed by atoms with Crippen LogP contribution < -0.4 is 10.1 Å². The van der Waals surface area contributed by atoms with Crippen LogP contribution >= 0.6 is 11.3 Å². The van der Waals surface area contributed by atoms with Crippen molar-refractivity contribution >= 4 is 33.9 Å². The van der Waals surface area contributed by atoms with Gasteiger partial charge in [-0.3, -0.25) is 14.9 Å². The second kappa shape index (κ2) is 10.1. The molecule has 0 saturated heterocycles. The number of nitro groups is 1. The molecule has 2 aromatic carbocycles. The van der Waals surface area contributed by atoms with Gasteiger partial charge in [-0.2, -0.15) is 0 Å². The van der Waals surface area contributed by atoms with Crippen LogP contribution in [0, 0.1) is 17.0 Å². The molecule has 0 fully saturated rings. The number of nitrogens with zero attached hydrogens (tertiary/aromatic N) is 1. The molecule has 3 aromatic rings. The molecule has 166 valence electrons. The number of carbonyl (C=O) groups is 2. The van der Waals surface area contributed by atoms with Gasteiger partial charge in [-0.25, -0.2) is 4.79 Å². The van der Waals surface area contributed by atoms with Gasteiger partial charge in [0, 0.05) is 23.1 Å².